The van der Waals surface area contributed by atoms with E-state index in [9.17, 15) is 19.2 Å². The summed E-state index contributed by atoms with van der Waals surface area (Å²) in [6.07, 6.45) is -3.49. The van der Waals surface area contributed by atoms with Crippen LogP contribution in [0.4, 0.5) is 0 Å². The van der Waals surface area contributed by atoms with Crippen LogP contribution in [0.1, 0.15) is 13.8 Å². The highest BCUT2D eigenvalue weighted by molar-refractivity contribution is 6.67. The highest BCUT2D eigenvalue weighted by Gasteiger charge is 2.37. The zero-order valence-electron chi connectivity index (χ0n) is 8.36. The maximum atomic E-state index is 10.9. The number of ether oxygens (including phenoxy) is 2. The minimum absolute atomic E-state index is 0.867. The molecular formula is C8H8Cl2O6. The summed E-state index contributed by atoms with van der Waals surface area (Å²) in [6.45, 7) is 1.99. The van der Waals surface area contributed by atoms with Gasteiger partial charge < -0.3 is 9.47 Å². The van der Waals surface area contributed by atoms with E-state index in [1.807, 2.05) is 0 Å². The van der Waals surface area contributed by atoms with Crippen molar-refractivity contribution < 1.29 is 28.7 Å². The zero-order valence-corrected chi connectivity index (χ0v) is 9.87. The summed E-state index contributed by atoms with van der Waals surface area (Å²) in [5.74, 6) is -1.73. The summed E-state index contributed by atoms with van der Waals surface area (Å²) in [7, 11) is 0. The van der Waals surface area contributed by atoms with Gasteiger partial charge in [-0.3, -0.25) is 19.2 Å². The van der Waals surface area contributed by atoms with E-state index < -0.39 is 34.6 Å². The maximum Gasteiger partial charge on any atom is 0.303 e. The number of rotatable bonds is 5. The summed E-state index contributed by atoms with van der Waals surface area (Å²) in [5.41, 5.74) is 0. The van der Waals surface area contributed by atoms with Gasteiger partial charge in [-0.2, -0.15) is 0 Å². The van der Waals surface area contributed by atoms with Gasteiger partial charge in [-0.25, -0.2) is 0 Å². The van der Waals surface area contributed by atoms with E-state index in [1.165, 1.54) is 0 Å². The Bertz CT molecular complexity index is 294. The number of carbonyl (C=O) groups is 4. The minimum atomic E-state index is -1.74. The van der Waals surface area contributed by atoms with E-state index in [2.05, 4.69) is 9.47 Å². The minimum Gasteiger partial charge on any atom is -0.449 e. The second kappa shape index (κ2) is 6.44. The number of esters is 2. The lowest BCUT2D eigenvalue weighted by atomic mass is 10.2. The van der Waals surface area contributed by atoms with E-state index >= 15 is 0 Å². The van der Waals surface area contributed by atoms with Crippen molar-refractivity contribution in [3.05, 3.63) is 0 Å². The van der Waals surface area contributed by atoms with E-state index in [0.717, 1.165) is 13.8 Å². The van der Waals surface area contributed by atoms with Crippen LogP contribution in [-0.2, 0) is 28.7 Å². The van der Waals surface area contributed by atoms with Crippen molar-refractivity contribution in [3.63, 3.8) is 0 Å². The molecule has 16 heavy (non-hydrogen) atoms. The van der Waals surface area contributed by atoms with Crippen LogP contribution in [0.3, 0.4) is 0 Å². The monoisotopic (exact) mass is 270 g/mol. The average molecular weight is 271 g/mol. The molecule has 0 fully saturated rings. The van der Waals surface area contributed by atoms with Gasteiger partial charge in [-0.15, -0.1) is 0 Å². The molecule has 0 spiro atoms. The molecule has 0 amide bonds. The standard InChI is InChI=1S/C8H8Cl2O6/c1-3(11)15-5(7(9)13)6(8(10)14)16-4(2)12/h5-6H,1-2H3. The topological polar surface area (TPSA) is 86.7 Å². The number of carbonyl (C=O) groups excluding carboxylic acids is 4. The molecule has 0 aliphatic carbocycles. The van der Waals surface area contributed by atoms with Crippen LogP contribution >= 0.6 is 23.2 Å². The molecule has 0 radical (unpaired) electrons. The van der Waals surface area contributed by atoms with Crippen LogP contribution in [0.5, 0.6) is 0 Å². The lowest BCUT2D eigenvalue weighted by molar-refractivity contribution is -0.169. The van der Waals surface area contributed by atoms with Crippen LogP contribution in [-0.4, -0.2) is 34.6 Å². The fourth-order valence-electron chi connectivity index (χ4n) is 0.812. The van der Waals surface area contributed by atoms with Crippen molar-refractivity contribution in [1.29, 1.82) is 0 Å². The number of halogens is 2. The third-order valence-electron chi connectivity index (χ3n) is 1.31. The van der Waals surface area contributed by atoms with Gasteiger partial charge in [-0.05, 0) is 23.2 Å². The third kappa shape index (κ3) is 5.09. The molecule has 6 nitrogen and oxygen atoms in total. The first-order chi connectivity index (χ1) is 7.25. The molecule has 2 atom stereocenters. The van der Waals surface area contributed by atoms with Gasteiger partial charge in [-0.1, -0.05) is 0 Å². The van der Waals surface area contributed by atoms with Crippen molar-refractivity contribution in [1.82, 2.24) is 0 Å². The Morgan fingerprint density at radius 2 is 1.06 bits per heavy atom. The first kappa shape index (κ1) is 14.9. The predicted molar refractivity (Wildman–Crippen MR) is 52.8 cm³/mol. The second-order valence-corrected chi connectivity index (χ2v) is 3.41. The van der Waals surface area contributed by atoms with Crippen LogP contribution in [0.2, 0.25) is 0 Å². The zero-order chi connectivity index (χ0) is 12.9. The Kier molecular flexibility index (Phi) is 5.98. The average Bonchev–Trinajstić information content (AvgIpc) is 2.09. The molecule has 2 unspecified atom stereocenters. The molecular weight excluding hydrogens is 263 g/mol. The Morgan fingerprint density at radius 3 is 1.19 bits per heavy atom. The molecule has 0 bridgehead atoms. The lowest BCUT2D eigenvalue weighted by Gasteiger charge is -2.19. The maximum absolute atomic E-state index is 10.9. The van der Waals surface area contributed by atoms with Crippen molar-refractivity contribution >= 4 is 45.6 Å². The molecule has 0 saturated heterocycles. The number of hydrogen-bond acceptors (Lipinski definition) is 6. The summed E-state index contributed by atoms with van der Waals surface area (Å²) in [5, 5.41) is -2.34. The van der Waals surface area contributed by atoms with Gasteiger partial charge in [0.05, 0.1) is 0 Å². The molecule has 0 aromatic rings. The third-order valence-corrected chi connectivity index (χ3v) is 1.74. The molecule has 0 heterocycles. The molecule has 0 saturated carbocycles. The van der Waals surface area contributed by atoms with Crippen molar-refractivity contribution in [3.8, 4) is 0 Å². The molecule has 90 valence electrons. The summed E-state index contributed by atoms with van der Waals surface area (Å²) in [6, 6.07) is 0. The van der Waals surface area contributed by atoms with Crippen molar-refractivity contribution in [2.75, 3.05) is 0 Å². The summed E-state index contributed by atoms with van der Waals surface area (Å²) < 4.78 is 8.87. The smallest absolute Gasteiger partial charge is 0.303 e. The van der Waals surface area contributed by atoms with Crippen molar-refractivity contribution in [2.45, 2.75) is 26.1 Å². The summed E-state index contributed by atoms with van der Waals surface area (Å²) in [4.78, 5) is 43.1. The Morgan fingerprint density at radius 1 is 0.812 bits per heavy atom. The van der Waals surface area contributed by atoms with Crippen LogP contribution in [0.25, 0.3) is 0 Å². The van der Waals surface area contributed by atoms with Crippen molar-refractivity contribution in [2.24, 2.45) is 0 Å². The van der Waals surface area contributed by atoms with E-state index in [0.29, 0.717) is 0 Å². The Hall–Kier alpha value is -1.14. The van der Waals surface area contributed by atoms with E-state index in [-0.39, 0.29) is 0 Å². The predicted octanol–water partition coefficient (Wildman–Crippen LogP) is 0.381. The molecule has 0 aromatic carbocycles. The van der Waals surface area contributed by atoms with Gasteiger partial charge in [0.15, 0.2) is 0 Å². The Balaban J connectivity index is 4.93. The fraction of sp³-hybridized carbons (Fsp3) is 0.500. The first-order valence-electron chi connectivity index (χ1n) is 3.98. The lowest BCUT2D eigenvalue weighted by Crippen LogP contribution is -2.42. The van der Waals surface area contributed by atoms with Gasteiger partial charge in [0.1, 0.15) is 0 Å². The highest BCUT2D eigenvalue weighted by Crippen LogP contribution is 2.12. The molecule has 0 aliphatic rings. The second-order valence-electron chi connectivity index (χ2n) is 2.67. The fourth-order valence-corrected chi connectivity index (χ4v) is 1.13. The molecule has 0 aromatic heterocycles. The highest BCUT2D eigenvalue weighted by atomic mass is 35.5. The van der Waals surface area contributed by atoms with Gasteiger partial charge in [0, 0.05) is 13.8 Å². The van der Waals surface area contributed by atoms with Gasteiger partial charge >= 0.3 is 11.9 Å². The summed E-state index contributed by atoms with van der Waals surface area (Å²) >= 11 is 10.2. The molecule has 0 N–H and O–H groups in total. The van der Waals surface area contributed by atoms with Gasteiger partial charge in [0.25, 0.3) is 10.5 Å². The van der Waals surface area contributed by atoms with Crippen LogP contribution in [0.15, 0.2) is 0 Å². The molecule has 0 aliphatic heterocycles. The quantitative estimate of drug-likeness (QED) is 0.530. The SMILES string of the molecule is CC(=O)OC(C(=O)Cl)C(OC(C)=O)C(=O)Cl. The molecule has 0 rings (SSSR count). The Labute approximate surface area is 101 Å². The van der Waals surface area contributed by atoms with Gasteiger partial charge in [0.2, 0.25) is 12.2 Å². The largest absolute Gasteiger partial charge is 0.449 e. The van der Waals surface area contributed by atoms with E-state index in [1.54, 1.807) is 0 Å². The molecule has 8 heteroatoms. The first-order valence-corrected chi connectivity index (χ1v) is 4.74. The van der Waals surface area contributed by atoms with Crippen LogP contribution < -0.4 is 0 Å². The normalized spacial score (nSPS) is 13.5. The number of hydrogen-bond donors (Lipinski definition) is 0. The van der Waals surface area contributed by atoms with E-state index in [4.69, 9.17) is 23.2 Å². The van der Waals surface area contributed by atoms with Crippen LogP contribution in [0, 0.1) is 0 Å².